The zero-order chi connectivity index (χ0) is 33.3. The van der Waals surface area contributed by atoms with E-state index in [-0.39, 0.29) is 19.4 Å². The second-order valence-corrected chi connectivity index (χ2v) is 12.0. The van der Waals surface area contributed by atoms with Gasteiger partial charge in [0, 0.05) is 12.8 Å². The van der Waals surface area contributed by atoms with Gasteiger partial charge in [0.2, 0.25) is 5.91 Å². The second-order valence-electron chi connectivity index (χ2n) is 12.0. The van der Waals surface area contributed by atoms with Crippen molar-refractivity contribution in [2.75, 3.05) is 0 Å². The van der Waals surface area contributed by atoms with Gasteiger partial charge in [-0.05, 0) is 44.4 Å². The molecule has 11 nitrogen and oxygen atoms in total. The molecule has 46 heavy (non-hydrogen) atoms. The van der Waals surface area contributed by atoms with E-state index < -0.39 is 59.8 Å². The van der Waals surface area contributed by atoms with E-state index >= 15 is 0 Å². The van der Waals surface area contributed by atoms with Crippen LogP contribution in [-0.2, 0) is 48.0 Å². The highest BCUT2D eigenvalue weighted by Crippen LogP contribution is 2.23. The molecule has 4 atom stereocenters. The van der Waals surface area contributed by atoms with E-state index in [1.165, 1.54) is 6.92 Å². The molecule has 1 saturated heterocycles. The average molecular weight is 630 g/mol. The van der Waals surface area contributed by atoms with Crippen molar-refractivity contribution in [3.05, 3.63) is 108 Å². The topological polar surface area (TPSA) is 140 Å². The molecule has 4 rings (SSSR count). The van der Waals surface area contributed by atoms with Gasteiger partial charge >= 0.3 is 18.2 Å². The predicted octanol–water partition coefficient (Wildman–Crippen LogP) is 4.33. The van der Waals surface area contributed by atoms with Crippen molar-refractivity contribution in [3.8, 4) is 0 Å². The van der Waals surface area contributed by atoms with Gasteiger partial charge in [-0.25, -0.2) is 19.3 Å². The number of cyclic esters (lactones) is 1. The minimum absolute atomic E-state index is 0.0140. The van der Waals surface area contributed by atoms with Crippen LogP contribution in [0.2, 0.25) is 0 Å². The number of hydrogen-bond acceptors (Lipinski definition) is 8. The van der Waals surface area contributed by atoms with Gasteiger partial charge < -0.3 is 24.8 Å². The number of carbonyl (C=O) groups excluding carboxylic acids is 5. The number of carbonyl (C=O) groups is 5. The molecule has 0 spiro atoms. The Labute approximate surface area is 268 Å². The number of benzene rings is 3. The van der Waals surface area contributed by atoms with Crippen molar-refractivity contribution in [2.45, 2.75) is 77.0 Å². The molecule has 242 valence electrons. The third kappa shape index (κ3) is 9.40. The molecule has 4 amide bonds. The Bertz CT molecular complexity index is 1510. The Morgan fingerprint density at radius 1 is 0.783 bits per heavy atom. The van der Waals surface area contributed by atoms with Crippen LogP contribution in [0.1, 0.15) is 44.4 Å². The molecular weight excluding hydrogens is 590 g/mol. The van der Waals surface area contributed by atoms with Gasteiger partial charge in [0.15, 0.2) is 6.04 Å². The SMILES string of the molecule is C[C@@H]1OC(=O)N(C(=O)[C@H](Cc2ccccc2)NC(=O)[C@H](Cc2ccccc2)NC(=O)OC(C)(C)C)[C@H]1C(=O)OCc1ccccc1. The Balaban J connectivity index is 1.59. The third-order valence-corrected chi connectivity index (χ3v) is 7.10. The first-order chi connectivity index (χ1) is 21.9. The van der Waals surface area contributed by atoms with Gasteiger partial charge in [-0.15, -0.1) is 0 Å². The Morgan fingerprint density at radius 2 is 1.28 bits per heavy atom. The lowest BCUT2D eigenvalue weighted by Crippen LogP contribution is -2.58. The third-order valence-electron chi connectivity index (χ3n) is 7.10. The maximum absolute atomic E-state index is 14.1. The van der Waals surface area contributed by atoms with Crippen LogP contribution in [0.25, 0.3) is 0 Å². The monoisotopic (exact) mass is 629 g/mol. The first kappa shape index (κ1) is 33.7. The van der Waals surface area contributed by atoms with Crippen LogP contribution in [-0.4, -0.2) is 64.7 Å². The summed E-state index contributed by atoms with van der Waals surface area (Å²) in [5, 5.41) is 5.33. The Morgan fingerprint density at radius 3 is 1.80 bits per heavy atom. The molecule has 0 unspecified atom stereocenters. The fourth-order valence-corrected chi connectivity index (χ4v) is 4.94. The summed E-state index contributed by atoms with van der Waals surface area (Å²) in [7, 11) is 0. The molecule has 0 aliphatic carbocycles. The maximum Gasteiger partial charge on any atom is 0.417 e. The van der Waals surface area contributed by atoms with Crippen molar-refractivity contribution < 1.29 is 38.2 Å². The molecule has 1 aliphatic heterocycles. The van der Waals surface area contributed by atoms with Crippen molar-refractivity contribution >= 4 is 30.0 Å². The summed E-state index contributed by atoms with van der Waals surface area (Å²) < 4.78 is 16.1. The molecular formula is C35H39N3O8. The average Bonchev–Trinajstić information content (AvgIpc) is 3.32. The summed E-state index contributed by atoms with van der Waals surface area (Å²) in [6.45, 7) is 6.52. The molecule has 0 saturated carbocycles. The molecule has 2 N–H and O–H groups in total. The van der Waals surface area contributed by atoms with Gasteiger partial charge in [-0.1, -0.05) is 91.0 Å². The zero-order valence-electron chi connectivity index (χ0n) is 26.3. The van der Waals surface area contributed by atoms with E-state index in [4.69, 9.17) is 14.2 Å². The number of nitrogens with one attached hydrogen (secondary N) is 2. The van der Waals surface area contributed by atoms with Crippen LogP contribution in [0.15, 0.2) is 91.0 Å². The van der Waals surface area contributed by atoms with Gasteiger partial charge in [0.25, 0.3) is 5.91 Å². The molecule has 0 bridgehead atoms. The van der Waals surface area contributed by atoms with E-state index in [0.717, 1.165) is 11.1 Å². The summed E-state index contributed by atoms with van der Waals surface area (Å²) in [4.78, 5) is 67.6. The standard InChI is InChI=1S/C35H39N3O8/c1-23-29(32(41)44-22-26-18-12-7-13-19-26)38(34(43)45-23)31(40)28(21-25-16-10-6-11-17-25)36-30(39)27(20-24-14-8-5-9-15-24)37-33(42)46-35(2,3)4/h5-19,23,27-29H,20-22H2,1-4H3,(H,36,39)(H,37,42)/t23-,27-,28-,29+/m0/s1. The van der Waals surface area contributed by atoms with Crippen LogP contribution in [0.3, 0.4) is 0 Å². The molecule has 3 aromatic carbocycles. The van der Waals surface area contributed by atoms with Gasteiger partial charge in [-0.2, -0.15) is 0 Å². The lowest BCUT2D eigenvalue weighted by molar-refractivity contribution is -0.154. The highest BCUT2D eigenvalue weighted by atomic mass is 16.6. The van der Waals surface area contributed by atoms with Crippen molar-refractivity contribution in [1.29, 1.82) is 0 Å². The van der Waals surface area contributed by atoms with Crippen LogP contribution in [0.4, 0.5) is 9.59 Å². The predicted molar refractivity (Wildman–Crippen MR) is 168 cm³/mol. The van der Waals surface area contributed by atoms with E-state index in [1.807, 2.05) is 12.1 Å². The first-order valence-electron chi connectivity index (χ1n) is 15.0. The largest absolute Gasteiger partial charge is 0.459 e. The normalized spacial score (nSPS) is 17.3. The number of amides is 4. The molecule has 11 heteroatoms. The highest BCUT2D eigenvalue weighted by Gasteiger charge is 2.50. The summed E-state index contributed by atoms with van der Waals surface area (Å²) >= 11 is 0. The molecule has 0 radical (unpaired) electrons. The number of esters is 1. The fourth-order valence-electron chi connectivity index (χ4n) is 4.94. The van der Waals surface area contributed by atoms with Crippen molar-refractivity contribution in [2.24, 2.45) is 0 Å². The number of imide groups is 1. The van der Waals surface area contributed by atoms with Crippen LogP contribution in [0.5, 0.6) is 0 Å². The van der Waals surface area contributed by atoms with Gasteiger partial charge in [-0.3, -0.25) is 9.59 Å². The highest BCUT2D eigenvalue weighted by molar-refractivity contribution is 6.02. The number of ether oxygens (including phenoxy) is 3. The lowest BCUT2D eigenvalue weighted by Gasteiger charge is -2.28. The fraction of sp³-hybridized carbons (Fsp3) is 0.343. The molecule has 1 heterocycles. The maximum atomic E-state index is 14.1. The van der Waals surface area contributed by atoms with Gasteiger partial charge in [0.05, 0.1) is 0 Å². The smallest absolute Gasteiger partial charge is 0.417 e. The summed E-state index contributed by atoms with van der Waals surface area (Å²) in [6, 6.07) is 23.1. The Kier molecular flexibility index (Phi) is 11.1. The van der Waals surface area contributed by atoms with Gasteiger partial charge in [0.1, 0.15) is 30.4 Å². The Hall–Kier alpha value is -5.19. The van der Waals surface area contributed by atoms with Crippen molar-refractivity contribution in [1.82, 2.24) is 15.5 Å². The summed E-state index contributed by atoms with van der Waals surface area (Å²) in [6.07, 6.45) is -2.76. The lowest BCUT2D eigenvalue weighted by atomic mass is 10.0. The van der Waals surface area contributed by atoms with Crippen LogP contribution >= 0.6 is 0 Å². The summed E-state index contributed by atoms with van der Waals surface area (Å²) in [5.41, 5.74) is 1.34. The van der Waals surface area contributed by atoms with E-state index in [1.54, 1.807) is 99.6 Å². The number of hydrogen-bond donors (Lipinski definition) is 2. The second kappa shape index (κ2) is 15.2. The molecule has 1 aliphatic rings. The number of nitrogens with zero attached hydrogens (tertiary/aromatic N) is 1. The minimum atomic E-state index is -1.38. The number of alkyl carbamates (subject to hydrolysis) is 1. The summed E-state index contributed by atoms with van der Waals surface area (Å²) in [5.74, 6) is -2.37. The first-order valence-corrected chi connectivity index (χ1v) is 15.0. The van der Waals surface area contributed by atoms with Crippen LogP contribution < -0.4 is 10.6 Å². The van der Waals surface area contributed by atoms with E-state index in [9.17, 15) is 24.0 Å². The molecule has 0 aromatic heterocycles. The molecule has 1 fully saturated rings. The number of rotatable bonds is 11. The minimum Gasteiger partial charge on any atom is -0.459 e. The van der Waals surface area contributed by atoms with Crippen molar-refractivity contribution in [3.63, 3.8) is 0 Å². The van der Waals surface area contributed by atoms with E-state index in [0.29, 0.717) is 10.5 Å². The molecule has 3 aromatic rings. The van der Waals surface area contributed by atoms with Crippen LogP contribution in [0, 0.1) is 0 Å². The quantitative estimate of drug-likeness (QED) is 0.236. The zero-order valence-corrected chi connectivity index (χ0v) is 26.3. The van der Waals surface area contributed by atoms with E-state index in [2.05, 4.69) is 10.6 Å².